The van der Waals surface area contributed by atoms with E-state index in [1.807, 2.05) is 44.2 Å². The van der Waals surface area contributed by atoms with Crippen LogP contribution in [0, 0.1) is 11.8 Å². The first-order valence-corrected chi connectivity index (χ1v) is 12.0. The van der Waals surface area contributed by atoms with Gasteiger partial charge in [0.15, 0.2) is 0 Å². The fraction of sp³-hybridized carbons (Fsp3) is 0.609. The Bertz CT molecular complexity index is 848. The molecule has 3 heterocycles. The molecule has 0 aromatic heterocycles. The summed E-state index contributed by atoms with van der Waals surface area (Å²) in [5, 5.41) is 15.4. The van der Waals surface area contributed by atoms with Gasteiger partial charge in [-0.3, -0.25) is 14.4 Å². The number of nitrogens with zero attached hydrogens (tertiary/aromatic N) is 1. The smallest absolute Gasteiger partial charge is 0.244 e. The molecule has 3 amide bonds. The lowest BCUT2D eigenvalue weighted by atomic mass is 9.70. The second-order valence-electron chi connectivity index (χ2n) is 9.03. The van der Waals surface area contributed by atoms with Gasteiger partial charge in [-0.2, -0.15) is 0 Å². The number of likely N-dealkylation sites (tertiary alicyclic amines) is 1. The topological polar surface area (TPSA) is 98.7 Å². The van der Waals surface area contributed by atoms with Crippen LogP contribution < -0.4 is 10.6 Å². The maximum Gasteiger partial charge on any atom is 0.244 e. The molecule has 1 aromatic rings. The van der Waals surface area contributed by atoms with Gasteiger partial charge >= 0.3 is 0 Å². The van der Waals surface area contributed by atoms with Gasteiger partial charge in [-0.1, -0.05) is 30.3 Å². The van der Waals surface area contributed by atoms with E-state index in [2.05, 4.69) is 10.6 Å². The highest BCUT2D eigenvalue weighted by atomic mass is 32.2. The molecule has 8 heteroatoms. The summed E-state index contributed by atoms with van der Waals surface area (Å²) in [5.74, 6) is -1.29. The highest BCUT2D eigenvalue weighted by Gasteiger charge is 2.73. The fourth-order valence-electron chi connectivity index (χ4n) is 5.50. The van der Waals surface area contributed by atoms with Crippen molar-refractivity contribution in [1.82, 2.24) is 15.5 Å². The average molecular weight is 446 g/mol. The number of hydrogen-bond acceptors (Lipinski definition) is 5. The maximum atomic E-state index is 13.5. The van der Waals surface area contributed by atoms with E-state index < -0.39 is 22.6 Å². The third kappa shape index (κ3) is 3.84. The molecule has 7 nitrogen and oxygen atoms in total. The zero-order valence-electron chi connectivity index (χ0n) is 18.0. The molecule has 4 rings (SSSR count). The van der Waals surface area contributed by atoms with E-state index in [-0.39, 0.29) is 35.6 Å². The van der Waals surface area contributed by atoms with Crippen molar-refractivity contribution in [3.63, 3.8) is 0 Å². The molecule has 3 N–H and O–H groups in total. The molecule has 0 aliphatic carbocycles. The highest BCUT2D eigenvalue weighted by molar-refractivity contribution is 8.02. The number of rotatable bonds is 8. The first kappa shape index (κ1) is 22.1. The van der Waals surface area contributed by atoms with Gasteiger partial charge < -0.3 is 20.6 Å². The number of carbonyl (C=O) groups is 3. The number of amides is 3. The number of hydrogen-bond donors (Lipinski definition) is 3. The van der Waals surface area contributed by atoms with Crippen molar-refractivity contribution in [2.24, 2.45) is 11.8 Å². The number of thioether (sulfide) groups is 1. The lowest BCUT2D eigenvalue weighted by Gasteiger charge is -2.34. The minimum absolute atomic E-state index is 0.0358. The molecule has 3 aliphatic heterocycles. The maximum absolute atomic E-state index is 13.5. The number of fused-ring (bicyclic) bond motifs is 1. The number of carbonyl (C=O) groups excluding carboxylic acids is 3. The van der Waals surface area contributed by atoms with Crippen LogP contribution >= 0.6 is 11.8 Å². The van der Waals surface area contributed by atoms with E-state index in [0.29, 0.717) is 19.5 Å². The number of benzene rings is 1. The minimum atomic E-state index is -0.596. The summed E-state index contributed by atoms with van der Waals surface area (Å²) in [6.07, 6.45) is 2.00. The SMILES string of the molecule is CC(C)NC(=O)C1N(CCCO)C(=O)[C@@H]2[C@H](C(=O)NCc3ccccc3)[C@@H]3CCC12S3. The van der Waals surface area contributed by atoms with Crippen LogP contribution in [0.2, 0.25) is 0 Å². The summed E-state index contributed by atoms with van der Waals surface area (Å²) < 4.78 is -0.565. The predicted octanol–water partition coefficient (Wildman–Crippen LogP) is 1.30. The highest BCUT2D eigenvalue weighted by Crippen LogP contribution is 2.66. The second kappa shape index (κ2) is 8.82. The summed E-state index contributed by atoms with van der Waals surface area (Å²) in [4.78, 5) is 41.6. The molecule has 3 aliphatic rings. The van der Waals surface area contributed by atoms with Gasteiger partial charge in [-0.05, 0) is 38.7 Å². The zero-order valence-corrected chi connectivity index (χ0v) is 18.9. The summed E-state index contributed by atoms with van der Waals surface area (Å²) in [6, 6.07) is 9.08. The monoisotopic (exact) mass is 445 g/mol. The summed E-state index contributed by atoms with van der Waals surface area (Å²) in [6.45, 7) is 4.51. The van der Waals surface area contributed by atoms with Crippen LogP contribution in [0.5, 0.6) is 0 Å². The van der Waals surface area contributed by atoms with Gasteiger partial charge in [-0.25, -0.2) is 0 Å². The van der Waals surface area contributed by atoms with Crippen molar-refractivity contribution in [2.75, 3.05) is 13.2 Å². The molecular weight excluding hydrogens is 414 g/mol. The van der Waals surface area contributed by atoms with Crippen LogP contribution in [0.3, 0.4) is 0 Å². The van der Waals surface area contributed by atoms with Crippen LogP contribution in [0.15, 0.2) is 30.3 Å². The first-order valence-electron chi connectivity index (χ1n) is 11.1. The Morgan fingerprint density at radius 2 is 2.00 bits per heavy atom. The predicted molar refractivity (Wildman–Crippen MR) is 119 cm³/mol. The number of nitrogens with one attached hydrogen (secondary N) is 2. The van der Waals surface area contributed by atoms with E-state index in [4.69, 9.17) is 0 Å². The van der Waals surface area contributed by atoms with Gasteiger partial charge in [0.25, 0.3) is 0 Å². The van der Waals surface area contributed by atoms with Crippen molar-refractivity contribution in [3.05, 3.63) is 35.9 Å². The lowest BCUT2D eigenvalue weighted by Crippen LogP contribution is -2.55. The molecule has 2 unspecified atom stereocenters. The molecule has 3 fully saturated rings. The van der Waals surface area contributed by atoms with E-state index in [1.54, 1.807) is 16.7 Å². The molecule has 3 saturated heterocycles. The molecular formula is C23H31N3O4S. The molecule has 1 spiro atoms. The van der Waals surface area contributed by atoms with E-state index in [9.17, 15) is 19.5 Å². The Labute approximate surface area is 187 Å². The summed E-state index contributed by atoms with van der Waals surface area (Å²) in [7, 11) is 0. The van der Waals surface area contributed by atoms with Gasteiger partial charge in [0, 0.05) is 31.0 Å². The van der Waals surface area contributed by atoms with Crippen molar-refractivity contribution in [2.45, 2.75) is 61.7 Å². The van der Waals surface area contributed by atoms with Crippen LogP contribution in [0.25, 0.3) is 0 Å². The van der Waals surface area contributed by atoms with Crippen LogP contribution in [-0.2, 0) is 20.9 Å². The molecule has 2 bridgehead atoms. The molecule has 1 aromatic carbocycles. The third-order valence-corrected chi connectivity index (χ3v) is 8.60. The van der Waals surface area contributed by atoms with Crippen LogP contribution in [-0.4, -0.2) is 63.0 Å². The Morgan fingerprint density at radius 1 is 1.26 bits per heavy atom. The third-order valence-electron chi connectivity index (χ3n) is 6.65. The van der Waals surface area contributed by atoms with Gasteiger partial charge in [0.1, 0.15) is 6.04 Å². The molecule has 0 saturated carbocycles. The van der Waals surface area contributed by atoms with Crippen LogP contribution in [0.1, 0.15) is 38.7 Å². The zero-order chi connectivity index (χ0) is 22.2. The Morgan fingerprint density at radius 3 is 2.68 bits per heavy atom. The fourth-order valence-corrected chi connectivity index (χ4v) is 7.72. The van der Waals surface area contributed by atoms with Crippen molar-refractivity contribution < 1.29 is 19.5 Å². The van der Waals surface area contributed by atoms with Crippen molar-refractivity contribution in [1.29, 1.82) is 0 Å². The summed E-state index contributed by atoms with van der Waals surface area (Å²) in [5.41, 5.74) is 1.01. The van der Waals surface area contributed by atoms with E-state index in [0.717, 1.165) is 18.4 Å². The normalized spacial score (nSPS) is 31.2. The summed E-state index contributed by atoms with van der Waals surface area (Å²) >= 11 is 1.67. The average Bonchev–Trinajstić information content (AvgIpc) is 3.38. The van der Waals surface area contributed by atoms with Crippen molar-refractivity contribution in [3.8, 4) is 0 Å². The Kier molecular flexibility index (Phi) is 6.30. The quantitative estimate of drug-likeness (QED) is 0.560. The van der Waals surface area contributed by atoms with Gasteiger partial charge in [0.2, 0.25) is 17.7 Å². The molecule has 0 radical (unpaired) electrons. The van der Waals surface area contributed by atoms with Crippen LogP contribution in [0.4, 0.5) is 0 Å². The second-order valence-corrected chi connectivity index (χ2v) is 10.6. The minimum Gasteiger partial charge on any atom is -0.396 e. The molecule has 5 atom stereocenters. The first-order chi connectivity index (χ1) is 14.9. The van der Waals surface area contributed by atoms with E-state index in [1.165, 1.54) is 0 Å². The largest absolute Gasteiger partial charge is 0.396 e. The standard InChI is InChI=1S/C23H31N3O4S/c1-14(2)25-21(29)19-23-10-9-16(31-23)17(18(23)22(30)26(19)11-6-12-27)20(28)24-13-15-7-4-3-5-8-15/h3-5,7-8,14,16-19,27H,6,9-13H2,1-2H3,(H,24,28)(H,25,29)/t16-,17+,18-,19?,23?/m0/s1. The van der Waals surface area contributed by atoms with Crippen molar-refractivity contribution >= 4 is 29.5 Å². The molecule has 31 heavy (non-hydrogen) atoms. The Balaban J connectivity index is 1.59. The Hall–Kier alpha value is -2.06. The lowest BCUT2D eigenvalue weighted by molar-refractivity contribution is -0.140. The molecule has 168 valence electrons. The van der Waals surface area contributed by atoms with E-state index >= 15 is 0 Å². The number of aliphatic hydroxyl groups is 1. The van der Waals surface area contributed by atoms with Gasteiger partial charge in [-0.15, -0.1) is 11.8 Å². The number of aliphatic hydroxyl groups excluding tert-OH is 1. The van der Waals surface area contributed by atoms with Gasteiger partial charge in [0.05, 0.1) is 16.6 Å².